The Kier molecular flexibility index (Phi) is 8.61. The molecule has 0 aliphatic rings. The molecular formula is C25H28ClF3N4O2S. The Morgan fingerprint density at radius 2 is 1.75 bits per heavy atom. The molecular weight excluding hydrogens is 513 g/mol. The second-order valence-electron chi connectivity index (χ2n) is 9.15. The number of carbonyl (C=O) groups is 1. The Bertz CT molecular complexity index is 1210. The topological polar surface area (TPSA) is 69.0 Å². The van der Waals surface area contributed by atoms with Crippen LogP contribution < -0.4 is 10.1 Å². The summed E-state index contributed by atoms with van der Waals surface area (Å²) >= 11 is 7.08. The predicted molar refractivity (Wildman–Crippen MR) is 136 cm³/mol. The van der Waals surface area contributed by atoms with Crippen molar-refractivity contribution in [2.24, 2.45) is 0 Å². The lowest BCUT2D eigenvalue weighted by molar-refractivity contribution is -0.137. The van der Waals surface area contributed by atoms with E-state index in [0.717, 1.165) is 30.0 Å². The molecule has 1 atom stereocenters. The van der Waals surface area contributed by atoms with Gasteiger partial charge in [0.2, 0.25) is 5.91 Å². The van der Waals surface area contributed by atoms with E-state index in [2.05, 4.69) is 36.3 Å². The van der Waals surface area contributed by atoms with Crippen molar-refractivity contribution in [2.75, 3.05) is 11.1 Å². The zero-order chi connectivity index (χ0) is 26.7. The van der Waals surface area contributed by atoms with Crippen molar-refractivity contribution in [3.63, 3.8) is 0 Å². The third-order valence-electron chi connectivity index (χ3n) is 5.36. The Morgan fingerprint density at radius 1 is 1.11 bits per heavy atom. The minimum Gasteiger partial charge on any atom is -0.483 e. The van der Waals surface area contributed by atoms with Crippen LogP contribution in [0.15, 0.2) is 47.6 Å². The van der Waals surface area contributed by atoms with E-state index in [-0.39, 0.29) is 21.9 Å². The number of aromatic nitrogens is 3. The Labute approximate surface area is 217 Å². The molecule has 1 N–H and O–H groups in total. The van der Waals surface area contributed by atoms with Crippen LogP contribution in [0.25, 0.3) is 0 Å². The van der Waals surface area contributed by atoms with Crippen molar-refractivity contribution in [3.8, 4) is 5.75 Å². The molecule has 0 radical (unpaired) electrons. The highest BCUT2D eigenvalue weighted by atomic mass is 35.5. The number of ether oxygens (including phenoxy) is 1. The van der Waals surface area contributed by atoms with Crippen LogP contribution in [0.5, 0.6) is 5.75 Å². The zero-order valence-electron chi connectivity index (χ0n) is 20.6. The lowest BCUT2D eigenvalue weighted by Gasteiger charge is -2.20. The van der Waals surface area contributed by atoms with E-state index in [1.807, 2.05) is 42.7 Å². The number of hydrogen-bond donors (Lipinski definition) is 1. The molecule has 3 rings (SSSR count). The molecule has 0 saturated heterocycles. The van der Waals surface area contributed by atoms with Crippen molar-refractivity contribution in [1.82, 2.24) is 14.8 Å². The number of nitrogens with zero attached hydrogens (tertiary/aromatic N) is 3. The van der Waals surface area contributed by atoms with E-state index in [4.69, 9.17) is 16.3 Å². The van der Waals surface area contributed by atoms with E-state index in [1.165, 1.54) is 5.56 Å². The van der Waals surface area contributed by atoms with Gasteiger partial charge in [-0.1, -0.05) is 56.3 Å². The van der Waals surface area contributed by atoms with E-state index < -0.39 is 23.8 Å². The summed E-state index contributed by atoms with van der Waals surface area (Å²) in [5.74, 6) is 0.694. The van der Waals surface area contributed by atoms with Crippen LogP contribution in [0.2, 0.25) is 5.02 Å². The molecule has 11 heteroatoms. The first kappa shape index (κ1) is 27.9. The molecule has 0 fully saturated rings. The highest BCUT2D eigenvalue weighted by Gasteiger charge is 2.31. The number of thioether (sulfide) groups is 1. The average molecular weight is 541 g/mol. The zero-order valence-corrected chi connectivity index (χ0v) is 22.2. The van der Waals surface area contributed by atoms with Crippen LogP contribution >= 0.6 is 23.4 Å². The van der Waals surface area contributed by atoms with Gasteiger partial charge in [-0.2, -0.15) is 13.2 Å². The molecule has 1 unspecified atom stereocenters. The molecule has 0 spiro atoms. The van der Waals surface area contributed by atoms with Gasteiger partial charge in [0.25, 0.3) is 0 Å². The number of rotatable bonds is 8. The van der Waals surface area contributed by atoms with Crippen molar-refractivity contribution < 1.29 is 22.7 Å². The highest BCUT2D eigenvalue weighted by molar-refractivity contribution is 7.99. The molecule has 1 amide bonds. The molecule has 0 saturated carbocycles. The normalized spacial score (nSPS) is 12.9. The van der Waals surface area contributed by atoms with Gasteiger partial charge in [-0.15, -0.1) is 10.2 Å². The summed E-state index contributed by atoms with van der Waals surface area (Å²) in [6.07, 6.45) is -4.94. The third kappa shape index (κ3) is 6.94. The molecule has 0 bridgehead atoms. The molecule has 1 heterocycles. The van der Waals surface area contributed by atoms with E-state index in [9.17, 15) is 18.0 Å². The summed E-state index contributed by atoms with van der Waals surface area (Å²) in [6, 6.07) is 10.7. The van der Waals surface area contributed by atoms with Gasteiger partial charge < -0.3 is 14.6 Å². The van der Waals surface area contributed by atoms with Gasteiger partial charge in [0.05, 0.1) is 22.0 Å². The molecule has 0 aliphatic carbocycles. The number of benzene rings is 2. The molecule has 36 heavy (non-hydrogen) atoms. The number of carbonyl (C=O) groups excluding carboxylic acids is 1. The summed E-state index contributed by atoms with van der Waals surface area (Å²) in [5, 5.41) is 11.4. The van der Waals surface area contributed by atoms with Gasteiger partial charge in [0.1, 0.15) is 5.75 Å². The van der Waals surface area contributed by atoms with Crippen LogP contribution in [0.4, 0.5) is 18.9 Å². The third-order valence-corrected chi connectivity index (χ3v) is 6.65. The molecule has 6 nitrogen and oxygen atoms in total. The maximum absolute atomic E-state index is 13.0. The molecule has 3 aromatic rings. The lowest BCUT2D eigenvalue weighted by atomic mass is 9.87. The first-order valence-electron chi connectivity index (χ1n) is 11.3. The number of anilines is 1. The molecule has 2 aromatic carbocycles. The second-order valence-corrected chi connectivity index (χ2v) is 10.5. The summed E-state index contributed by atoms with van der Waals surface area (Å²) < 4.78 is 46.8. The van der Waals surface area contributed by atoms with Crippen molar-refractivity contribution in [1.29, 1.82) is 0 Å². The van der Waals surface area contributed by atoms with Crippen LogP contribution in [0, 0.1) is 0 Å². The Morgan fingerprint density at radius 3 is 2.33 bits per heavy atom. The van der Waals surface area contributed by atoms with Gasteiger partial charge in [-0.05, 0) is 55.2 Å². The fourth-order valence-electron chi connectivity index (χ4n) is 3.41. The number of hydrogen-bond acceptors (Lipinski definition) is 5. The highest BCUT2D eigenvalue weighted by Crippen LogP contribution is 2.34. The van der Waals surface area contributed by atoms with Crippen LogP contribution in [0.1, 0.15) is 57.7 Å². The molecule has 0 aliphatic heterocycles. The number of nitrogens with one attached hydrogen (secondary N) is 1. The number of alkyl halides is 3. The largest absolute Gasteiger partial charge is 0.483 e. The SMILES string of the molecule is CCn1c(SCC(=O)Nc2cc(C(F)(F)F)ccc2Cl)nnc1C(C)Oc1ccc(C(C)(C)C)cc1. The first-order chi connectivity index (χ1) is 16.8. The van der Waals surface area contributed by atoms with Crippen LogP contribution in [-0.4, -0.2) is 26.4 Å². The Balaban J connectivity index is 1.65. The smallest absolute Gasteiger partial charge is 0.416 e. The minimum absolute atomic E-state index is 0.0156. The van der Waals surface area contributed by atoms with Crippen LogP contribution in [0.3, 0.4) is 0 Å². The van der Waals surface area contributed by atoms with Crippen molar-refractivity contribution >= 4 is 35.0 Å². The average Bonchev–Trinajstić information content (AvgIpc) is 3.21. The van der Waals surface area contributed by atoms with Crippen LogP contribution in [-0.2, 0) is 22.9 Å². The van der Waals surface area contributed by atoms with Crippen molar-refractivity contribution in [3.05, 3.63) is 64.4 Å². The number of halogens is 4. The standard InChI is InChI=1S/C25H28ClF3N4O2S/c1-6-33-22(15(2)35-18-10-7-16(8-11-18)24(3,4)5)31-32-23(33)36-14-21(34)30-20-13-17(25(27,28)29)9-12-19(20)26/h7-13,15H,6,14H2,1-5H3,(H,30,34). The predicted octanol–water partition coefficient (Wildman–Crippen LogP) is 7.14. The van der Waals surface area contributed by atoms with E-state index in [1.54, 1.807) is 0 Å². The monoisotopic (exact) mass is 540 g/mol. The molecule has 194 valence electrons. The maximum Gasteiger partial charge on any atom is 0.416 e. The minimum atomic E-state index is -4.54. The second kappa shape index (κ2) is 11.1. The Hall–Kier alpha value is -2.72. The van der Waals surface area contributed by atoms with Gasteiger partial charge in [0, 0.05) is 6.54 Å². The first-order valence-corrected chi connectivity index (χ1v) is 12.7. The fourth-order valence-corrected chi connectivity index (χ4v) is 4.38. The lowest BCUT2D eigenvalue weighted by Crippen LogP contribution is -2.16. The molecule has 1 aromatic heterocycles. The van der Waals surface area contributed by atoms with Gasteiger partial charge in [0.15, 0.2) is 17.1 Å². The van der Waals surface area contributed by atoms with Gasteiger partial charge >= 0.3 is 6.18 Å². The quantitative estimate of drug-likeness (QED) is 0.308. The number of amides is 1. The van der Waals surface area contributed by atoms with E-state index >= 15 is 0 Å². The summed E-state index contributed by atoms with van der Waals surface area (Å²) in [4.78, 5) is 12.4. The maximum atomic E-state index is 13.0. The summed E-state index contributed by atoms with van der Waals surface area (Å²) in [6.45, 7) is 10.8. The van der Waals surface area contributed by atoms with Gasteiger partial charge in [-0.3, -0.25) is 4.79 Å². The van der Waals surface area contributed by atoms with E-state index in [0.29, 0.717) is 23.3 Å². The van der Waals surface area contributed by atoms with Crippen molar-refractivity contribution in [2.45, 2.75) is 64.0 Å². The van der Waals surface area contributed by atoms with Gasteiger partial charge in [-0.25, -0.2) is 0 Å². The summed E-state index contributed by atoms with van der Waals surface area (Å²) in [5.41, 5.74) is 0.237. The fraction of sp³-hybridized carbons (Fsp3) is 0.400. The summed E-state index contributed by atoms with van der Waals surface area (Å²) in [7, 11) is 0.